The molecule has 2 aliphatic rings. The fourth-order valence-electron chi connectivity index (χ4n) is 4.56. The Morgan fingerprint density at radius 1 is 1.00 bits per heavy atom. The van der Waals surface area contributed by atoms with Crippen LogP contribution in [0.5, 0.6) is 0 Å². The zero-order chi connectivity index (χ0) is 21.6. The topological polar surface area (TPSA) is 69.0 Å². The molecule has 3 amide bonds. The number of anilines is 1. The van der Waals surface area contributed by atoms with Gasteiger partial charge in [-0.05, 0) is 43.7 Å². The van der Waals surface area contributed by atoms with E-state index in [-0.39, 0.29) is 11.9 Å². The van der Waals surface area contributed by atoms with Crippen molar-refractivity contribution < 1.29 is 14.0 Å². The first kappa shape index (κ1) is 21.4. The number of benzene rings is 1. The number of carbonyl (C=O) groups is 2. The molecule has 1 aromatic carbocycles. The summed E-state index contributed by atoms with van der Waals surface area (Å²) in [5.41, 5.74) is 2.00. The summed E-state index contributed by atoms with van der Waals surface area (Å²) in [5.74, 6) is 0.218. The highest BCUT2D eigenvalue weighted by atomic mass is 16.3. The maximum absolute atomic E-state index is 12.9. The second kappa shape index (κ2) is 10.0. The monoisotopic (exact) mass is 424 g/mol. The van der Waals surface area contributed by atoms with Crippen molar-refractivity contribution in [1.29, 1.82) is 0 Å². The predicted octanol–water partition coefficient (Wildman–Crippen LogP) is 4.03. The van der Waals surface area contributed by atoms with Crippen LogP contribution in [0, 0.1) is 0 Å². The van der Waals surface area contributed by atoms with Gasteiger partial charge in [0, 0.05) is 44.5 Å². The van der Waals surface area contributed by atoms with Crippen molar-refractivity contribution in [2.45, 2.75) is 44.7 Å². The van der Waals surface area contributed by atoms with Crippen LogP contribution in [0.4, 0.5) is 10.5 Å². The molecular weight excluding hydrogens is 392 g/mol. The molecule has 1 saturated heterocycles. The van der Waals surface area contributed by atoms with E-state index in [1.807, 2.05) is 18.2 Å². The van der Waals surface area contributed by atoms with Gasteiger partial charge in [0.05, 0.1) is 6.26 Å². The summed E-state index contributed by atoms with van der Waals surface area (Å²) in [6, 6.07) is 11.9. The Hall–Kier alpha value is -2.80. The van der Waals surface area contributed by atoms with E-state index in [2.05, 4.69) is 23.3 Å². The Bertz CT molecular complexity index is 869. The molecule has 0 atom stereocenters. The molecule has 0 bridgehead atoms. The largest absolute Gasteiger partial charge is 0.459 e. The minimum Gasteiger partial charge on any atom is -0.459 e. The van der Waals surface area contributed by atoms with Gasteiger partial charge in [-0.25, -0.2) is 4.79 Å². The molecule has 0 radical (unpaired) electrons. The molecular formula is C24H32N4O3. The number of nitrogens with one attached hydrogen (secondary N) is 1. The van der Waals surface area contributed by atoms with Crippen molar-refractivity contribution in [3.63, 3.8) is 0 Å². The van der Waals surface area contributed by atoms with Gasteiger partial charge in [0.15, 0.2) is 5.76 Å². The third kappa shape index (κ3) is 5.28. The lowest BCUT2D eigenvalue weighted by Gasteiger charge is -2.34. The molecule has 1 N–H and O–H groups in total. The molecule has 2 heterocycles. The maximum Gasteiger partial charge on any atom is 0.321 e. The van der Waals surface area contributed by atoms with Gasteiger partial charge in [-0.2, -0.15) is 0 Å². The van der Waals surface area contributed by atoms with Crippen LogP contribution in [0.2, 0.25) is 0 Å². The van der Waals surface area contributed by atoms with Gasteiger partial charge in [0.2, 0.25) is 0 Å². The molecule has 4 rings (SSSR count). The molecule has 7 nitrogen and oxygen atoms in total. The lowest BCUT2D eigenvalue weighted by molar-refractivity contribution is 0.0640. The maximum atomic E-state index is 12.9. The average molecular weight is 425 g/mol. The zero-order valence-electron chi connectivity index (χ0n) is 18.3. The van der Waals surface area contributed by atoms with Crippen molar-refractivity contribution in [2.24, 2.45) is 0 Å². The summed E-state index contributed by atoms with van der Waals surface area (Å²) in [7, 11) is 2.18. The predicted molar refractivity (Wildman–Crippen MR) is 120 cm³/mol. The Morgan fingerprint density at radius 3 is 2.42 bits per heavy atom. The fourth-order valence-corrected chi connectivity index (χ4v) is 4.56. The number of amides is 3. The summed E-state index contributed by atoms with van der Waals surface area (Å²) < 4.78 is 5.20. The number of piperazine rings is 1. The van der Waals surface area contributed by atoms with Crippen LogP contribution in [-0.4, -0.2) is 65.9 Å². The van der Waals surface area contributed by atoms with E-state index in [0.717, 1.165) is 17.8 Å². The molecule has 0 unspecified atom stereocenters. The van der Waals surface area contributed by atoms with E-state index in [0.29, 0.717) is 38.0 Å². The minimum atomic E-state index is -0.124. The lowest BCUT2D eigenvalue weighted by Crippen LogP contribution is -2.51. The molecule has 1 aromatic heterocycles. The highest BCUT2D eigenvalue weighted by Gasteiger charge is 2.26. The second-order valence-corrected chi connectivity index (χ2v) is 8.55. The van der Waals surface area contributed by atoms with Crippen LogP contribution >= 0.6 is 0 Å². The van der Waals surface area contributed by atoms with Crippen LogP contribution < -0.4 is 5.32 Å². The number of carbonyl (C=O) groups excluding carboxylic acids is 2. The van der Waals surface area contributed by atoms with Crippen molar-refractivity contribution >= 4 is 17.6 Å². The number of hydrogen-bond donors (Lipinski definition) is 1. The molecule has 166 valence electrons. The van der Waals surface area contributed by atoms with Gasteiger partial charge in [-0.15, -0.1) is 0 Å². The molecule has 1 saturated carbocycles. The molecule has 31 heavy (non-hydrogen) atoms. The molecule has 7 heteroatoms. The molecule has 2 fully saturated rings. The first-order valence-electron chi connectivity index (χ1n) is 11.3. The second-order valence-electron chi connectivity index (χ2n) is 8.55. The Morgan fingerprint density at radius 2 is 1.71 bits per heavy atom. The lowest BCUT2D eigenvalue weighted by atomic mass is 9.94. The van der Waals surface area contributed by atoms with E-state index < -0.39 is 0 Å². The Balaban J connectivity index is 1.32. The van der Waals surface area contributed by atoms with Crippen LogP contribution in [0.3, 0.4) is 0 Å². The summed E-state index contributed by atoms with van der Waals surface area (Å²) in [6.07, 6.45) is 7.97. The van der Waals surface area contributed by atoms with Crippen LogP contribution in [-0.2, 0) is 6.54 Å². The van der Waals surface area contributed by atoms with Gasteiger partial charge in [-0.1, -0.05) is 37.5 Å². The van der Waals surface area contributed by atoms with Gasteiger partial charge in [0.1, 0.15) is 0 Å². The van der Waals surface area contributed by atoms with Gasteiger partial charge >= 0.3 is 6.03 Å². The van der Waals surface area contributed by atoms with Crippen molar-refractivity contribution in [3.8, 4) is 0 Å². The summed E-state index contributed by atoms with van der Waals surface area (Å²) in [5, 5.41) is 3.10. The number of furan rings is 1. The number of para-hydroxylation sites is 1. The van der Waals surface area contributed by atoms with Gasteiger partial charge < -0.3 is 19.5 Å². The SMILES string of the molecule is CN(Cc1ccccc1NC(=O)N1CCN(C(=O)c2ccco2)CC1)C1CCCCC1. The van der Waals surface area contributed by atoms with Crippen molar-refractivity contribution in [2.75, 3.05) is 38.5 Å². The summed E-state index contributed by atoms with van der Waals surface area (Å²) >= 11 is 0. The number of rotatable bonds is 5. The van der Waals surface area contributed by atoms with Crippen molar-refractivity contribution in [3.05, 3.63) is 54.0 Å². The van der Waals surface area contributed by atoms with E-state index in [1.54, 1.807) is 21.9 Å². The summed E-state index contributed by atoms with van der Waals surface area (Å²) in [6.45, 7) is 2.83. The third-order valence-corrected chi connectivity index (χ3v) is 6.46. The van der Waals surface area contributed by atoms with Crippen LogP contribution in [0.1, 0.15) is 48.2 Å². The first-order chi connectivity index (χ1) is 15.1. The fraction of sp³-hybridized carbons (Fsp3) is 0.500. The normalized spacial score (nSPS) is 17.7. The molecule has 0 spiro atoms. The van der Waals surface area contributed by atoms with Gasteiger partial charge in [0.25, 0.3) is 5.91 Å². The quantitative estimate of drug-likeness (QED) is 0.787. The van der Waals surface area contributed by atoms with Gasteiger partial charge in [-0.3, -0.25) is 9.69 Å². The van der Waals surface area contributed by atoms with Crippen LogP contribution in [0.15, 0.2) is 47.1 Å². The zero-order valence-corrected chi connectivity index (χ0v) is 18.3. The first-order valence-corrected chi connectivity index (χ1v) is 11.3. The van der Waals surface area contributed by atoms with Crippen molar-refractivity contribution in [1.82, 2.24) is 14.7 Å². The number of hydrogen-bond acceptors (Lipinski definition) is 4. The number of nitrogens with zero attached hydrogens (tertiary/aromatic N) is 3. The van der Waals surface area contributed by atoms with E-state index >= 15 is 0 Å². The standard InChI is InChI=1S/C24H32N4O3/c1-26(20-9-3-2-4-10-20)18-19-8-5-6-11-21(19)25-24(30)28-15-13-27(14-16-28)23(29)22-12-7-17-31-22/h5-8,11-12,17,20H,2-4,9-10,13-16,18H2,1H3,(H,25,30). The van der Waals surface area contributed by atoms with E-state index in [4.69, 9.17) is 4.42 Å². The Labute approximate surface area is 184 Å². The Kier molecular flexibility index (Phi) is 6.92. The molecule has 1 aliphatic heterocycles. The highest BCUT2D eigenvalue weighted by molar-refractivity contribution is 5.92. The smallest absolute Gasteiger partial charge is 0.321 e. The van der Waals surface area contributed by atoms with E-state index in [9.17, 15) is 9.59 Å². The highest BCUT2D eigenvalue weighted by Crippen LogP contribution is 2.25. The average Bonchev–Trinajstić information content (AvgIpc) is 3.35. The van der Waals surface area contributed by atoms with E-state index in [1.165, 1.54) is 38.4 Å². The molecule has 2 aromatic rings. The molecule has 1 aliphatic carbocycles. The van der Waals surface area contributed by atoms with Crippen LogP contribution in [0.25, 0.3) is 0 Å². The third-order valence-electron chi connectivity index (χ3n) is 6.46. The summed E-state index contributed by atoms with van der Waals surface area (Å²) in [4.78, 5) is 31.2. The minimum absolute atomic E-state index is 0.113. The number of urea groups is 1.